The first-order valence-corrected chi connectivity index (χ1v) is 5.30. The lowest BCUT2D eigenvalue weighted by Crippen LogP contribution is -2.12. The Labute approximate surface area is 88.8 Å². The van der Waals surface area contributed by atoms with Crippen LogP contribution in [0.25, 0.3) is 15.0 Å². The van der Waals surface area contributed by atoms with Crippen molar-refractivity contribution in [2.24, 2.45) is 0 Å². The lowest BCUT2D eigenvalue weighted by atomic mass is 10.2. The summed E-state index contributed by atoms with van der Waals surface area (Å²) in [6, 6.07) is 5.83. The molecule has 74 valence electrons. The molecule has 0 atom stereocenters. The van der Waals surface area contributed by atoms with E-state index in [0.717, 1.165) is 10.3 Å². The molecule has 0 fully saturated rings. The standard InChI is InChI=1S/C10H7N3OS/c1-6-2-3-8-7(4-6)9(14)13-10(15-8)11-5-12-13/h2-5H,1H3. The maximum Gasteiger partial charge on any atom is 0.282 e. The van der Waals surface area contributed by atoms with E-state index in [1.807, 2.05) is 25.1 Å². The number of fused-ring (bicyclic) bond motifs is 2. The number of hydrogen-bond donors (Lipinski definition) is 0. The molecular formula is C10H7N3OS. The second-order valence-corrected chi connectivity index (χ2v) is 4.37. The molecule has 0 spiro atoms. The zero-order valence-electron chi connectivity index (χ0n) is 7.97. The predicted octanol–water partition coefficient (Wildman–Crippen LogP) is 1.61. The highest BCUT2D eigenvalue weighted by molar-refractivity contribution is 7.23. The maximum absolute atomic E-state index is 12.0. The van der Waals surface area contributed by atoms with Gasteiger partial charge in [0, 0.05) is 4.70 Å². The van der Waals surface area contributed by atoms with Crippen molar-refractivity contribution in [3.05, 3.63) is 40.4 Å². The van der Waals surface area contributed by atoms with Crippen LogP contribution in [0.2, 0.25) is 0 Å². The molecule has 0 aliphatic carbocycles. The Morgan fingerprint density at radius 3 is 3.13 bits per heavy atom. The molecule has 0 aliphatic rings. The lowest BCUT2D eigenvalue weighted by molar-refractivity contribution is 0.938. The molecule has 15 heavy (non-hydrogen) atoms. The van der Waals surface area contributed by atoms with Gasteiger partial charge in [0.15, 0.2) is 0 Å². The van der Waals surface area contributed by atoms with Crippen molar-refractivity contribution in [3.63, 3.8) is 0 Å². The first-order chi connectivity index (χ1) is 7.25. The van der Waals surface area contributed by atoms with Gasteiger partial charge in [0.25, 0.3) is 5.56 Å². The molecule has 0 amide bonds. The summed E-state index contributed by atoms with van der Waals surface area (Å²) in [5.41, 5.74) is 0.978. The molecule has 0 unspecified atom stereocenters. The molecule has 2 aromatic heterocycles. The molecule has 1 aromatic carbocycles. The molecule has 3 aromatic rings. The Hall–Kier alpha value is -1.75. The minimum Gasteiger partial charge on any atom is -0.267 e. The molecule has 0 aliphatic heterocycles. The van der Waals surface area contributed by atoms with Gasteiger partial charge in [-0.3, -0.25) is 4.79 Å². The Morgan fingerprint density at radius 1 is 1.40 bits per heavy atom. The number of nitrogens with zero attached hydrogens (tertiary/aromatic N) is 3. The highest BCUT2D eigenvalue weighted by atomic mass is 32.1. The summed E-state index contributed by atoms with van der Waals surface area (Å²) in [6.45, 7) is 1.97. The molecule has 0 saturated heterocycles. The normalized spacial score (nSPS) is 11.3. The second-order valence-electron chi connectivity index (χ2n) is 3.36. The van der Waals surface area contributed by atoms with Gasteiger partial charge in [0.1, 0.15) is 6.33 Å². The van der Waals surface area contributed by atoms with E-state index in [9.17, 15) is 4.79 Å². The van der Waals surface area contributed by atoms with Crippen molar-refractivity contribution >= 4 is 26.4 Å². The van der Waals surface area contributed by atoms with E-state index >= 15 is 0 Å². The van der Waals surface area contributed by atoms with Crippen molar-refractivity contribution in [1.82, 2.24) is 14.6 Å². The number of hydrogen-bond acceptors (Lipinski definition) is 4. The molecule has 5 heteroatoms. The van der Waals surface area contributed by atoms with Crippen LogP contribution >= 0.6 is 11.3 Å². The third kappa shape index (κ3) is 1.16. The number of rotatable bonds is 0. The van der Waals surface area contributed by atoms with Crippen LogP contribution in [-0.4, -0.2) is 14.6 Å². The number of benzene rings is 1. The van der Waals surface area contributed by atoms with Crippen molar-refractivity contribution < 1.29 is 0 Å². The van der Waals surface area contributed by atoms with Crippen molar-refractivity contribution in [2.45, 2.75) is 6.92 Å². The monoisotopic (exact) mass is 217 g/mol. The van der Waals surface area contributed by atoms with Gasteiger partial charge in [-0.2, -0.15) is 9.61 Å². The molecular weight excluding hydrogens is 210 g/mol. The first-order valence-electron chi connectivity index (χ1n) is 4.49. The number of aromatic nitrogens is 3. The van der Waals surface area contributed by atoms with E-state index in [4.69, 9.17) is 0 Å². The smallest absolute Gasteiger partial charge is 0.267 e. The van der Waals surface area contributed by atoms with Gasteiger partial charge in [0.05, 0.1) is 5.39 Å². The van der Waals surface area contributed by atoms with Crippen molar-refractivity contribution in [2.75, 3.05) is 0 Å². The Bertz CT molecular complexity index is 713. The van der Waals surface area contributed by atoms with E-state index in [1.165, 1.54) is 22.2 Å². The van der Waals surface area contributed by atoms with Gasteiger partial charge in [-0.25, -0.2) is 4.98 Å². The Morgan fingerprint density at radius 2 is 2.27 bits per heavy atom. The summed E-state index contributed by atoms with van der Waals surface area (Å²) < 4.78 is 2.29. The van der Waals surface area contributed by atoms with Gasteiger partial charge in [-0.15, -0.1) is 0 Å². The first kappa shape index (κ1) is 8.55. The zero-order chi connectivity index (χ0) is 10.4. The fourth-order valence-corrected chi connectivity index (χ4v) is 2.46. The fraction of sp³-hybridized carbons (Fsp3) is 0.100. The van der Waals surface area contributed by atoms with Gasteiger partial charge in [0.2, 0.25) is 4.96 Å². The predicted molar refractivity (Wildman–Crippen MR) is 59.4 cm³/mol. The third-order valence-electron chi connectivity index (χ3n) is 2.28. The SMILES string of the molecule is Cc1ccc2sc3ncnn3c(=O)c2c1. The van der Waals surface area contributed by atoms with E-state index < -0.39 is 0 Å². The van der Waals surface area contributed by atoms with Gasteiger partial charge >= 0.3 is 0 Å². The van der Waals surface area contributed by atoms with Crippen molar-refractivity contribution in [1.29, 1.82) is 0 Å². The van der Waals surface area contributed by atoms with Crippen LogP contribution in [-0.2, 0) is 0 Å². The van der Waals surface area contributed by atoms with Crippen LogP contribution in [0.4, 0.5) is 0 Å². The molecule has 0 saturated carbocycles. The summed E-state index contributed by atoms with van der Waals surface area (Å²) in [5.74, 6) is 0. The Balaban J connectivity index is 2.64. The molecule has 0 bridgehead atoms. The van der Waals surface area contributed by atoms with Crippen molar-refractivity contribution in [3.8, 4) is 0 Å². The topological polar surface area (TPSA) is 47.3 Å². The highest BCUT2D eigenvalue weighted by Crippen LogP contribution is 2.19. The average Bonchev–Trinajstić information content (AvgIpc) is 2.68. The lowest BCUT2D eigenvalue weighted by Gasteiger charge is -1.97. The van der Waals surface area contributed by atoms with Crippen LogP contribution in [0.15, 0.2) is 29.3 Å². The van der Waals surface area contributed by atoms with Crippen LogP contribution in [0, 0.1) is 6.92 Å². The average molecular weight is 217 g/mol. The third-order valence-corrected chi connectivity index (χ3v) is 3.31. The summed E-state index contributed by atoms with van der Waals surface area (Å²) in [5, 5.41) is 4.61. The molecule has 4 nitrogen and oxygen atoms in total. The second kappa shape index (κ2) is 2.87. The van der Waals surface area contributed by atoms with E-state index in [1.54, 1.807) is 0 Å². The largest absolute Gasteiger partial charge is 0.282 e. The summed E-state index contributed by atoms with van der Waals surface area (Å²) in [7, 11) is 0. The van der Waals surface area contributed by atoms with Crippen LogP contribution in [0.1, 0.15) is 5.56 Å². The van der Waals surface area contributed by atoms with Crippen LogP contribution in [0.3, 0.4) is 0 Å². The van der Waals surface area contributed by atoms with E-state index in [-0.39, 0.29) is 5.56 Å². The van der Waals surface area contributed by atoms with Gasteiger partial charge in [-0.05, 0) is 19.1 Å². The molecule has 0 radical (unpaired) electrons. The molecule has 3 rings (SSSR count). The minimum absolute atomic E-state index is 0.0973. The summed E-state index contributed by atoms with van der Waals surface area (Å²) in [4.78, 5) is 16.6. The van der Waals surface area contributed by atoms with E-state index in [0.29, 0.717) is 10.3 Å². The van der Waals surface area contributed by atoms with Gasteiger partial charge in [-0.1, -0.05) is 23.0 Å². The quantitative estimate of drug-likeness (QED) is 0.574. The summed E-state index contributed by atoms with van der Waals surface area (Å²) >= 11 is 1.47. The molecule has 0 N–H and O–H groups in total. The zero-order valence-corrected chi connectivity index (χ0v) is 8.78. The maximum atomic E-state index is 12.0. The highest BCUT2D eigenvalue weighted by Gasteiger charge is 2.06. The summed E-state index contributed by atoms with van der Waals surface area (Å²) in [6.07, 6.45) is 1.40. The Kier molecular flexibility index (Phi) is 1.63. The van der Waals surface area contributed by atoms with Crippen LogP contribution in [0.5, 0.6) is 0 Å². The van der Waals surface area contributed by atoms with E-state index in [2.05, 4.69) is 10.1 Å². The minimum atomic E-state index is -0.0973. The molecule has 2 heterocycles. The fourth-order valence-electron chi connectivity index (χ4n) is 1.55. The van der Waals surface area contributed by atoms with Gasteiger partial charge < -0.3 is 0 Å². The number of aryl methyl sites for hydroxylation is 1. The van der Waals surface area contributed by atoms with Crippen LogP contribution < -0.4 is 5.56 Å².